The van der Waals surface area contributed by atoms with E-state index in [1.165, 1.54) is 11.3 Å². The molecule has 0 unspecified atom stereocenters. The number of hydrogen-bond donors (Lipinski definition) is 2. The number of nitrogens with zero attached hydrogens (tertiary/aromatic N) is 2. The molecule has 1 aromatic heterocycles. The molecular formula is C27H32ClN2O8S3+. The smallest absolute Gasteiger partial charge is 0.265 e. The third kappa shape index (κ3) is 7.99. The van der Waals surface area contributed by atoms with E-state index in [9.17, 15) is 25.9 Å². The van der Waals surface area contributed by atoms with E-state index in [1.807, 2.05) is 47.6 Å². The average molecular weight is 644 g/mol. The van der Waals surface area contributed by atoms with E-state index < -0.39 is 26.0 Å². The van der Waals surface area contributed by atoms with Crippen molar-refractivity contribution in [3.8, 4) is 11.5 Å². The molecule has 0 spiro atoms. The van der Waals surface area contributed by atoms with Gasteiger partial charge in [0.25, 0.3) is 25.2 Å². The van der Waals surface area contributed by atoms with Gasteiger partial charge in [0.2, 0.25) is 11.4 Å². The van der Waals surface area contributed by atoms with Gasteiger partial charge in [-0.2, -0.15) is 21.4 Å². The van der Waals surface area contributed by atoms with E-state index in [-0.39, 0.29) is 25.1 Å². The van der Waals surface area contributed by atoms with Crippen molar-refractivity contribution in [3.63, 3.8) is 0 Å². The Morgan fingerprint density at radius 2 is 1.83 bits per heavy atom. The van der Waals surface area contributed by atoms with Crippen molar-refractivity contribution in [2.45, 2.75) is 39.7 Å². The van der Waals surface area contributed by atoms with Crippen molar-refractivity contribution >= 4 is 65.2 Å². The van der Waals surface area contributed by atoms with Crippen LogP contribution in [-0.4, -0.2) is 51.1 Å². The van der Waals surface area contributed by atoms with Crippen LogP contribution < -0.4 is 18.9 Å². The molecule has 41 heavy (non-hydrogen) atoms. The molecule has 2 heterocycles. The van der Waals surface area contributed by atoms with E-state index in [2.05, 4.69) is 0 Å². The highest BCUT2D eigenvalue weighted by atomic mass is 35.5. The fourth-order valence-corrected chi connectivity index (χ4v) is 6.91. The average Bonchev–Trinajstić information content (AvgIpc) is 3.38. The van der Waals surface area contributed by atoms with Crippen LogP contribution in [0, 0.1) is 6.92 Å². The van der Waals surface area contributed by atoms with Crippen LogP contribution in [0.1, 0.15) is 36.8 Å². The Bertz CT molecular complexity index is 1730. The quantitative estimate of drug-likeness (QED) is 0.200. The number of allylic oxidation sites excluding steroid dienone is 2. The molecule has 4 rings (SSSR count). The van der Waals surface area contributed by atoms with E-state index in [4.69, 9.17) is 21.1 Å². The lowest BCUT2D eigenvalue weighted by Gasteiger charge is -2.18. The fourth-order valence-electron chi connectivity index (χ4n) is 4.58. The van der Waals surface area contributed by atoms with Crippen molar-refractivity contribution in [1.82, 2.24) is 0 Å². The Kier molecular flexibility index (Phi) is 9.66. The first kappa shape index (κ1) is 31.3. The largest absolute Gasteiger partial charge is 0.496 e. The summed E-state index contributed by atoms with van der Waals surface area (Å²) in [7, 11) is -6.61. The van der Waals surface area contributed by atoms with Crippen LogP contribution >= 0.6 is 22.9 Å². The number of rotatable bonds is 12. The van der Waals surface area contributed by atoms with E-state index in [0.717, 1.165) is 32.1 Å². The Morgan fingerprint density at radius 1 is 1.12 bits per heavy atom. The maximum atomic E-state index is 11.4. The molecule has 0 atom stereocenters. The summed E-state index contributed by atoms with van der Waals surface area (Å²) in [5.41, 5.74) is 3.45. The number of fused-ring (bicyclic) bond motifs is 2. The van der Waals surface area contributed by atoms with Gasteiger partial charge in [-0.15, -0.1) is 0 Å². The summed E-state index contributed by atoms with van der Waals surface area (Å²) in [6.45, 7) is 4.57. The number of halogens is 1. The first-order chi connectivity index (χ1) is 19.3. The molecule has 1 aliphatic heterocycles. The molecule has 0 aliphatic carbocycles. The second kappa shape index (κ2) is 12.7. The van der Waals surface area contributed by atoms with Gasteiger partial charge in [0.05, 0.1) is 24.3 Å². The fraction of sp³-hybridized carbons (Fsp3) is 0.370. The molecule has 1 aliphatic rings. The number of methoxy groups -OCH3 is 1. The summed E-state index contributed by atoms with van der Waals surface area (Å²) < 4.78 is 78.5. The number of aryl methyl sites for hydroxylation is 2. The third-order valence-electron chi connectivity index (χ3n) is 6.53. The lowest BCUT2D eigenvalue weighted by atomic mass is 10.1. The number of benzene rings is 2. The van der Waals surface area contributed by atoms with Crippen molar-refractivity contribution < 1.29 is 40.0 Å². The van der Waals surface area contributed by atoms with Gasteiger partial charge in [-0.3, -0.25) is 9.11 Å². The second-order valence-corrected chi connectivity index (χ2v) is 14.2. The topological polar surface area (TPSA) is 134 Å². The van der Waals surface area contributed by atoms with Gasteiger partial charge >= 0.3 is 0 Å². The molecule has 0 fully saturated rings. The van der Waals surface area contributed by atoms with Crippen LogP contribution in [0.3, 0.4) is 0 Å². The molecule has 222 valence electrons. The molecule has 14 heteroatoms. The minimum atomic E-state index is -4.12. The van der Waals surface area contributed by atoms with Crippen LogP contribution in [0.2, 0.25) is 5.02 Å². The number of aromatic nitrogens is 1. The number of ether oxygens (including phenoxy) is 2. The molecule has 0 saturated carbocycles. The van der Waals surface area contributed by atoms with Gasteiger partial charge < -0.3 is 14.4 Å². The summed E-state index contributed by atoms with van der Waals surface area (Å²) in [4.78, 5) is 1.83. The van der Waals surface area contributed by atoms with Crippen LogP contribution in [0.4, 0.5) is 5.69 Å². The first-order valence-corrected chi connectivity index (χ1v) is 17.3. The monoisotopic (exact) mass is 643 g/mol. The van der Waals surface area contributed by atoms with Gasteiger partial charge in [-0.1, -0.05) is 29.9 Å². The van der Waals surface area contributed by atoms with Gasteiger partial charge in [0, 0.05) is 42.3 Å². The lowest BCUT2D eigenvalue weighted by molar-refractivity contribution is -0.668. The SMILES string of the molecule is CCC(/C=C1\Oc2ccc(Cl)cc2N1CCCS(=O)(=O)O)=C\c1sc2cc(OC)c(C)cc2[n+]1CCCS(=O)(=O)O. The predicted octanol–water partition coefficient (Wildman–Crippen LogP) is 5.25. The zero-order valence-corrected chi connectivity index (χ0v) is 26.0. The minimum absolute atomic E-state index is 0.169. The zero-order valence-electron chi connectivity index (χ0n) is 22.8. The molecule has 3 aromatic rings. The highest BCUT2D eigenvalue weighted by Crippen LogP contribution is 2.41. The molecule has 0 amide bonds. The van der Waals surface area contributed by atoms with Crippen LogP contribution in [0.25, 0.3) is 16.3 Å². The standard InChI is InChI=1S/C27H31ClN2O8S3/c1-4-19(14-26-29(9-5-11-40(31,32)33)21-16-20(28)7-8-23(21)38-26)15-27-30(10-6-12-41(34,35)36)22-13-18(2)24(37-3)17-25(22)39-27/h7-8,13-17H,4-6,9-12H2,1-3H3,(H-,31,32,33,34,35,36)/p+1. The first-order valence-electron chi connectivity index (χ1n) is 12.9. The van der Waals surface area contributed by atoms with E-state index in [1.54, 1.807) is 25.3 Å². The number of hydrogen-bond acceptors (Lipinski definition) is 8. The summed E-state index contributed by atoms with van der Waals surface area (Å²) in [5.74, 6) is 1.06. The van der Waals surface area contributed by atoms with E-state index in [0.29, 0.717) is 35.3 Å². The molecule has 0 radical (unpaired) electrons. The predicted molar refractivity (Wildman–Crippen MR) is 161 cm³/mol. The highest BCUT2D eigenvalue weighted by Gasteiger charge is 2.28. The molecule has 10 nitrogen and oxygen atoms in total. The maximum absolute atomic E-state index is 11.4. The molecule has 0 saturated heterocycles. The zero-order chi connectivity index (χ0) is 29.9. The summed E-state index contributed by atoms with van der Waals surface area (Å²) in [5, 5.41) is 1.37. The van der Waals surface area contributed by atoms with Gasteiger partial charge in [-0.25, -0.2) is 0 Å². The van der Waals surface area contributed by atoms with Crippen molar-refractivity contribution in [3.05, 3.63) is 63.5 Å². The highest BCUT2D eigenvalue weighted by molar-refractivity contribution is 7.86. The minimum Gasteiger partial charge on any atom is -0.496 e. The van der Waals surface area contributed by atoms with Crippen molar-refractivity contribution in [1.29, 1.82) is 0 Å². The Balaban J connectivity index is 1.74. The van der Waals surface area contributed by atoms with Crippen LogP contribution in [0.15, 0.2) is 47.9 Å². The van der Waals surface area contributed by atoms with Crippen LogP contribution in [0.5, 0.6) is 11.5 Å². The summed E-state index contributed by atoms with van der Waals surface area (Å²) >= 11 is 7.76. The van der Waals surface area contributed by atoms with Crippen molar-refractivity contribution in [2.24, 2.45) is 0 Å². The number of thiazole rings is 1. The van der Waals surface area contributed by atoms with Crippen LogP contribution in [-0.2, 0) is 26.8 Å². The Morgan fingerprint density at radius 3 is 2.49 bits per heavy atom. The van der Waals surface area contributed by atoms with Gasteiger partial charge in [0.1, 0.15) is 10.4 Å². The van der Waals surface area contributed by atoms with Gasteiger partial charge in [0.15, 0.2) is 12.3 Å². The van der Waals surface area contributed by atoms with Crippen molar-refractivity contribution in [2.75, 3.05) is 30.1 Å². The molecular weight excluding hydrogens is 612 g/mol. The molecule has 0 bridgehead atoms. The lowest BCUT2D eigenvalue weighted by Crippen LogP contribution is -2.36. The number of anilines is 1. The maximum Gasteiger partial charge on any atom is 0.265 e. The Labute approximate surface area is 249 Å². The summed E-state index contributed by atoms with van der Waals surface area (Å²) in [6, 6.07) is 9.14. The summed E-state index contributed by atoms with van der Waals surface area (Å²) in [6.07, 6.45) is 4.90. The second-order valence-electron chi connectivity index (χ2n) is 9.58. The molecule has 2 N–H and O–H groups in total. The normalized spacial score (nSPS) is 15.0. The van der Waals surface area contributed by atoms with Gasteiger partial charge in [-0.05, 0) is 49.1 Å². The van der Waals surface area contributed by atoms with E-state index >= 15 is 0 Å². The molecule has 2 aromatic carbocycles. The Hall–Kier alpha value is -2.68. The third-order valence-corrected chi connectivity index (χ3v) is 9.47.